The van der Waals surface area contributed by atoms with E-state index in [-0.39, 0.29) is 0 Å². The molecule has 0 saturated carbocycles. The summed E-state index contributed by atoms with van der Waals surface area (Å²) in [5.41, 5.74) is 10.2. The van der Waals surface area contributed by atoms with Gasteiger partial charge in [-0.15, -0.1) is 10.2 Å². The van der Waals surface area contributed by atoms with Gasteiger partial charge in [0.05, 0.1) is 0 Å². The SMILES string of the molecule is CCn1c(C)nnc1-c1cc(C)cc(C)c1N. The average Bonchev–Trinajstić information content (AvgIpc) is 2.64. The van der Waals surface area contributed by atoms with Crippen LogP contribution in [-0.2, 0) is 6.54 Å². The molecule has 0 atom stereocenters. The van der Waals surface area contributed by atoms with Gasteiger partial charge in [0.2, 0.25) is 0 Å². The van der Waals surface area contributed by atoms with Crippen molar-refractivity contribution in [1.29, 1.82) is 0 Å². The van der Waals surface area contributed by atoms with Crippen molar-refractivity contribution in [3.63, 3.8) is 0 Å². The van der Waals surface area contributed by atoms with Crippen molar-refractivity contribution in [3.8, 4) is 11.4 Å². The maximum Gasteiger partial charge on any atom is 0.166 e. The van der Waals surface area contributed by atoms with E-state index in [4.69, 9.17) is 5.73 Å². The number of anilines is 1. The maximum atomic E-state index is 6.14. The van der Waals surface area contributed by atoms with Gasteiger partial charge >= 0.3 is 0 Å². The highest BCUT2D eigenvalue weighted by molar-refractivity contribution is 5.75. The van der Waals surface area contributed by atoms with Gasteiger partial charge in [-0.25, -0.2) is 0 Å². The molecule has 0 amide bonds. The van der Waals surface area contributed by atoms with Crippen LogP contribution in [0.3, 0.4) is 0 Å². The summed E-state index contributed by atoms with van der Waals surface area (Å²) in [6.45, 7) is 8.97. The molecule has 1 aromatic heterocycles. The molecule has 0 spiro atoms. The highest BCUT2D eigenvalue weighted by Gasteiger charge is 2.14. The van der Waals surface area contributed by atoms with E-state index >= 15 is 0 Å². The molecular formula is C13H18N4. The molecule has 2 N–H and O–H groups in total. The zero-order chi connectivity index (χ0) is 12.6. The normalized spacial score (nSPS) is 10.8. The molecule has 4 nitrogen and oxygen atoms in total. The van der Waals surface area contributed by atoms with Crippen molar-refractivity contribution in [3.05, 3.63) is 29.1 Å². The summed E-state index contributed by atoms with van der Waals surface area (Å²) in [4.78, 5) is 0. The van der Waals surface area contributed by atoms with Gasteiger partial charge in [0.25, 0.3) is 0 Å². The van der Waals surface area contributed by atoms with Gasteiger partial charge in [0, 0.05) is 17.8 Å². The van der Waals surface area contributed by atoms with Crippen molar-refractivity contribution >= 4 is 5.69 Å². The lowest BCUT2D eigenvalue weighted by Crippen LogP contribution is -2.03. The van der Waals surface area contributed by atoms with Gasteiger partial charge in [-0.05, 0) is 44.9 Å². The number of hydrogen-bond donors (Lipinski definition) is 1. The Morgan fingerprint density at radius 1 is 1.18 bits per heavy atom. The van der Waals surface area contributed by atoms with E-state index in [1.54, 1.807) is 0 Å². The molecular weight excluding hydrogens is 212 g/mol. The molecule has 1 heterocycles. The van der Waals surface area contributed by atoms with Gasteiger partial charge in [-0.2, -0.15) is 0 Å². The molecule has 0 aliphatic heterocycles. The summed E-state index contributed by atoms with van der Waals surface area (Å²) in [5, 5.41) is 8.35. The van der Waals surface area contributed by atoms with Crippen LogP contribution in [0, 0.1) is 20.8 Å². The van der Waals surface area contributed by atoms with Crippen LogP contribution in [0.1, 0.15) is 23.9 Å². The van der Waals surface area contributed by atoms with Crippen LogP contribution in [0.25, 0.3) is 11.4 Å². The Balaban J connectivity index is 2.68. The minimum absolute atomic E-state index is 0.790. The van der Waals surface area contributed by atoms with Gasteiger partial charge in [-0.1, -0.05) is 6.07 Å². The van der Waals surface area contributed by atoms with E-state index in [0.29, 0.717) is 0 Å². The van der Waals surface area contributed by atoms with Crippen LogP contribution in [0.5, 0.6) is 0 Å². The standard InChI is InChI=1S/C13H18N4/c1-5-17-10(4)15-16-13(17)11-7-8(2)6-9(3)12(11)14/h6-7H,5,14H2,1-4H3. The maximum absolute atomic E-state index is 6.14. The quantitative estimate of drug-likeness (QED) is 0.806. The molecule has 17 heavy (non-hydrogen) atoms. The van der Waals surface area contributed by atoms with E-state index in [1.807, 2.05) is 13.8 Å². The lowest BCUT2D eigenvalue weighted by atomic mass is 10.0. The van der Waals surface area contributed by atoms with Gasteiger partial charge < -0.3 is 10.3 Å². The lowest BCUT2D eigenvalue weighted by molar-refractivity contribution is 0.737. The van der Waals surface area contributed by atoms with Crippen molar-refractivity contribution in [2.24, 2.45) is 0 Å². The van der Waals surface area contributed by atoms with Gasteiger partial charge in [0.15, 0.2) is 5.82 Å². The van der Waals surface area contributed by atoms with Crippen molar-refractivity contribution in [1.82, 2.24) is 14.8 Å². The minimum atomic E-state index is 0.790. The van der Waals surface area contributed by atoms with E-state index < -0.39 is 0 Å². The van der Waals surface area contributed by atoms with Crippen LogP contribution in [0.15, 0.2) is 12.1 Å². The molecule has 0 bridgehead atoms. The second-order valence-corrected chi connectivity index (χ2v) is 4.36. The molecule has 2 aromatic rings. The highest BCUT2D eigenvalue weighted by Crippen LogP contribution is 2.28. The summed E-state index contributed by atoms with van der Waals surface area (Å²) in [6.07, 6.45) is 0. The third-order valence-electron chi connectivity index (χ3n) is 3.02. The Bertz CT molecular complexity index is 555. The van der Waals surface area contributed by atoms with E-state index in [1.165, 1.54) is 5.56 Å². The first kappa shape index (κ1) is 11.6. The summed E-state index contributed by atoms with van der Waals surface area (Å²) in [6, 6.07) is 4.15. The first-order valence-electron chi connectivity index (χ1n) is 5.81. The molecule has 0 unspecified atom stereocenters. The fourth-order valence-electron chi connectivity index (χ4n) is 2.12. The van der Waals surface area contributed by atoms with Gasteiger partial charge in [0.1, 0.15) is 5.82 Å². The zero-order valence-electron chi connectivity index (χ0n) is 10.8. The topological polar surface area (TPSA) is 56.7 Å². The number of aryl methyl sites for hydroxylation is 3. The number of hydrogen-bond acceptors (Lipinski definition) is 3. The Morgan fingerprint density at radius 3 is 2.53 bits per heavy atom. The number of benzene rings is 1. The summed E-state index contributed by atoms with van der Waals surface area (Å²) < 4.78 is 2.07. The molecule has 0 aliphatic carbocycles. The van der Waals surface area contributed by atoms with Crippen LogP contribution >= 0.6 is 0 Å². The largest absolute Gasteiger partial charge is 0.398 e. The second kappa shape index (κ2) is 4.20. The lowest BCUT2D eigenvalue weighted by Gasteiger charge is -2.11. The number of nitrogen functional groups attached to an aromatic ring is 1. The van der Waals surface area contributed by atoms with Crippen LogP contribution < -0.4 is 5.73 Å². The first-order chi connectivity index (χ1) is 8.04. The molecule has 4 heteroatoms. The summed E-state index contributed by atoms with van der Waals surface area (Å²) in [5.74, 6) is 1.77. The first-order valence-corrected chi connectivity index (χ1v) is 5.81. The zero-order valence-corrected chi connectivity index (χ0v) is 10.8. The monoisotopic (exact) mass is 230 g/mol. The molecule has 1 aromatic carbocycles. The van der Waals surface area contributed by atoms with E-state index in [9.17, 15) is 0 Å². The minimum Gasteiger partial charge on any atom is -0.398 e. The second-order valence-electron chi connectivity index (χ2n) is 4.36. The molecule has 0 saturated heterocycles. The summed E-state index contributed by atoms with van der Waals surface area (Å²) in [7, 11) is 0. The van der Waals surface area contributed by atoms with Gasteiger partial charge in [-0.3, -0.25) is 0 Å². The van der Waals surface area contributed by atoms with Crippen LogP contribution in [0.4, 0.5) is 5.69 Å². The van der Waals surface area contributed by atoms with E-state index in [2.05, 4.69) is 40.7 Å². The smallest absolute Gasteiger partial charge is 0.166 e. The third-order valence-corrected chi connectivity index (χ3v) is 3.02. The van der Waals surface area contributed by atoms with E-state index in [0.717, 1.165) is 35.0 Å². The fourth-order valence-corrected chi connectivity index (χ4v) is 2.12. The Kier molecular flexibility index (Phi) is 2.88. The molecule has 2 rings (SSSR count). The predicted molar refractivity (Wildman–Crippen MR) is 69.8 cm³/mol. The molecule has 90 valence electrons. The number of rotatable bonds is 2. The number of aromatic nitrogens is 3. The predicted octanol–water partition coefficient (Wildman–Crippen LogP) is 2.47. The molecule has 0 radical (unpaired) electrons. The Morgan fingerprint density at radius 2 is 1.88 bits per heavy atom. The Hall–Kier alpha value is -1.84. The molecule has 0 fully saturated rings. The highest BCUT2D eigenvalue weighted by atomic mass is 15.3. The number of nitrogens with two attached hydrogens (primary N) is 1. The summed E-state index contributed by atoms with van der Waals surface area (Å²) >= 11 is 0. The van der Waals surface area contributed by atoms with Crippen LogP contribution in [-0.4, -0.2) is 14.8 Å². The molecule has 0 aliphatic rings. The van der Waals surface area contributed by atoms with Crippen molar-refractivity contribution < 1.29 is 0 Å². The third kappa shape index (κ3) is 1.90. The van der Waals surface area contributed by atoms with Crippen LogP contribution in [0.2, 0.25) is 0 Å². The Labute approximate surface area is 101 Å². The van der Waals surface area contributed by atoms with Crippen molar-refractivity contribution in [2.75, 3.05) is 5.73 Å². The van der Waals surface area contributed by atoms with Crippen molar-refractivity contribution in [2.45, 2.75) is 34.2 Å². The average molecular weight is 230 g/mol. The fraction of sp³-hybridized carbons (Fsp3) is 0.385. The number of nitrogens with zero attached hydrogens (tertiary/aromatic N) is 3.